The van der Waals surface area contributed by atoms with E-state index in [-0.39, 0.29) is 5.91 Å². The Morgan fingerprint density at radius 1 is 1.21 bits per heavy atom. The number of para-hydroxylation sites is 1. The Kier molecular flexibility index (Phi) is 5.53. The van der Waals surface area contributed by atoms with Gasteiger partial charge >= 0.3 is 0 Å². The van der Waals surface area contributed by atoms with E-state index in [0.717, 1.165) is 29.5 Å². The van der Waals surface area contributed by atoms with Gasteiger partial charge in [0.2, 0.25) is 0 Å². The number of likely N-dealkylation sites (tertiary alicyclic amines) is 1. The van der Waals surface area contributed by atoms with Crippen LogP contribution in [0.15, 0.2) is 53.0 Å². The summed E-state index contributed by atoms with van der Waals surface area (Å²) in [5.41, 5.74) is 7.40. The third-order valence-corrected chi connectivity index (χ3v) is 4.86. The Labute approximate surface area is 150 Å². The van der Waals surface area contributed by atoms with Gasteiger partial charge in [0.1, 0.15) is 12.4 Å². The van der Waals surface area contributed by atoms with E-state index in [1.165, 1.54) is 0 Å². The van der Waals surface area contributed by atoms with Crippen molar-refractivity contribution in [3.8, 4) is 5.75 Å². The van der Waals surface area contributed by atoms with Gasteiger partial charge in [0.25, 0.3) is 5.91 Å². The van der Waals surface area contributed by atoms with Crippen molar-refractivity contribution in [3.05, 3.63) is 64.1 Å². The maximum atomic E-state index is 12.8. The molecule has 0 aliphatic carbocycles. The van der Waals surface area contributed by atoms with Gasteiger partial charge in [0, 0.05) is 17.6 Å². The summed E-state index contributed by atoms with van der Waals surface area (Å²) in [7, 11) is 0. The summed E-state index contributed by atoms with van der Waals surface area (Å²) in [6, 6.07) is 15.4. The number of halogens is 1. The van der Waals surface area contributed by atoms with Gasteiger partial charge in [-0.25, -0.2) is 0 Å². The fourth-order valence-corrected chi connectivity index (χ4v) is 3.16. The minimum absolute atomic E-state index is 0.0253. The predicted octanol–water partition coefficient (Wildman–Crippen LogP) is 3.45. The molecule has 3 rings (SSSR count). The predicted molar refractivity (Wildman–Crippen MR) is 98.0 cm³/mol. The van der Waals surface area contributed by atoms with Crippen molar-refractivity contribution in [1.82, 2.24) is 4.90 Å². The van der Waals surface area contributed by atoms with Gasteiger partial charge in [0.05, 0.1) is 5.56 Å². The molecule has 2 N–H and O–H groups in total. The van der Waals surface area contributed by atoms with Crippen LogP contribution in [0, 0.1) is 5.92 Å². The van der Waals surface area contributed by atoms with Gasteiger partial charge in [0.15, 0.2) is 0 Å². The lowest BCUT2D eigenvalue weighted by Gasteiger charge is -2.18. The van der Waals surface area contributed by atoms with Gasteiger partial charge in [-0.15, -0.1) is 0 Å². The van der Waals surface area contributed by atoms with Gasteiger partial charge in [-0.05, 0) is 48.7 Å². The number of nitrogens with two attached hydrogens (primary N) is 1. The zero-order valence-corrected chi connectivity index (χ0v) is 15.0. The zero-order chi connectivity index (χ0) is 16.9. The van der Waals surface area contributed by atoms with Crippen molar-refractivity contribution in [1.29, 1.82) is 0 Å². The van der Waals surface area contributed by atoms with Crippen LogP contribution >= 0.6 is 15.9 Å². The molecule has 0 bridgehead atoms. The topological polar surface area (TPSA) is 55.6 Å². The van der Waals surface area contributed by atoms with Crippen LogP contribution in [0.4, 0.5) is 0 Å². The first kappa shape index (κ1) is 17.0. The largest absolute Gasteiger partial charge is 0.488 e. The van der Waals surface area contributed by atoms with Crippen LogP contribution in [0.3, 0.4) is 0 Å². The molecule has 0 aromatic heterocycles. The molecule has 1 amide bonds. The standard InChI is InChI=1S/C19H21BrN2O2/c20-16-7-5-14(6-8-16)13-24-18-4-2-1-3-17(18)19(23)22-10-9-15(11-21)12-22/h1-8,15H,9-13,21H2. The Hall–Kier alpha value is -1.85. The lowest BCUT2D eigenvalue weighted by molar-refractivity contribution is 0.0782. The van der Waals surface area contributed by atoms with E-state index in [4.69, 9.17) is 10.5 Å². The Morgan fingerprint density at radius 3 is 2.67 bits per heavy atom. The minimum Gasteiger partial charge on any atom is -0.488 e. The van der Waals surface area contributed by atoms with Crippen molar-refractivity contribution >= 4 is 21.8 Å². The normalized spacial score (nSPS) is 17.1. The quantitative estimate of drug-likeness (QED) is 0.852. The molecule has 0 spiro atoms. The third kappa shape index (κ3) is 3.97. The summed E-state index contributed by atoms with van der Waals surface area (Å²) >= 11 is 3.42. The lowest BCUT2D eigenvalue weighted by atomic mass is 10.1. The second-order valence-electron chi connectivity index (χ2n) is 6.05. The van der Waals surface area contributed by atoms with Crippen LogP contribution in [0.1, 0.15) is 22.3 Å². The van der Waals surface area contributed by atoms with E-state index in [2.05, 4.69) is 15.9 Å². The molecule has 4 nitrogen and oxygen atoms in total. The molecule has 0 radical (unpaired) electrons. The molecule has 1 aliphatic rings. The maximum absolute atomic E-state index is 12.8. The molecule has 2 aromatic rings. The van der Waals surface area contributed by atoms with Crippen LogP contribution < -0.4 is 10.5 Å². The second-order valence-corrected chi connectivity index (χ2v) is 6.97. The zero-order valence-electron chi connectivity index (χ0n) is 13.5. The molecule has 2 aromatic carbocycles. The van der Waals surface area contributed by atoms with Crippen LogP contribution in [0.2, 0.25) is 0 Å². The number of carbonyl (C=O) groups excluding carboxylic acids is 1. The van der Waals surface area contributed by atoms with E-state index in [0.29, 0.717) is 30.4 Å². The monoisotopic (exact) mass is 388 g/mol. The molecule has 5 heteroatoms. The summed E-state index contributed by atoms with van der Waals surface area (Å²) in [5.74, 6) is 1.06. The van der Waals surface area contributed by atoms with Crippen LogP contribution in [0.5, 0.6) is 5.75 Å². The minimum atomic E-state index is 0.0253. The molecule has 24 heavy (non-hydrogen) atoms. The Morgan fingerprint density at radius 2 is 1.96 bits per heavy atom. The highest BCUT2D eigenvalue weighted by Crippen LogP contribution is 2.24. The van der Waals surface area contributed by atoms with E-state index < -0.39 is 0 Å². The smallest absolute Gasteiger partial charge is 0.257 e. The van der Waals surface area contributed by atoms with Crippen LogP contribution in [-0.2, 0) is 6.61 Å². The number of rotatable bonds is 5. The molecule has 126 valence electrons. The van der Waals surface area contributed by atoms with E-state index in [1.54, 1.807) is 0 Å². The van der Waals surface area contributed by atoms with Gasteiger partial charge in [-0.1, -0.05) is 40.2 Å². The second kappa shape index (κ2) is 7.81. The molecule has 1 saturated heterocycles. The maximum Gasteiger partial charge on any atom is 0.257 e. The molecule has 1 aliphatic heterocycles. The van der Waals surface area contributed by atoms with E-state index in [1.807, 2.05) is 53.4 Å². The molecular weight excluding hydrogens is 368 g/mol. The van der Waals surface area contributed by atoms with Gasteiger partial charge < -0.3 is 15.4 Å². The lowest BCUT2D eigenvalue weighted by Crippen LogP contribution is -2.30. The van der Waals surface area contributed by atoms with Crippen molar-refractivity contribution in [2.24, 2.45) is 11.7 Å². The molecular formula is C19H21BrN2O2. The number of hydrogen-bond donors (Lipinski definition) is 1. The van der Waals surface area contributed by atoms with E-state index >= 15 is 0 Å². The highest BCUT2D eigenvalue weighted by atomic mass is 79.9. The third-order valence-electron chi connectivity index (χ3n) is 4.33. The molecule has 1 unspecified atom stereocenters. The molecule has 0 saturated carbocycles. The average molecular weight is 389 g/mol. The number of amides is 1. The van der Waals surface area contributed by atoms with Crippen molar-refractivity contribution in [2.75, 3.05) is 19.6 Å². The summed E-state index contributed by atoms with van der Waals surface area (Å²) in [6.07, 6.45) is 0.976. The van der Waals surface area contributed by atoms with Gasteiger partial charge in [-0.3, -0.25) is 4.79 Å². The van der Waals surface area contributed by atoms with Crippen LogP contribution in [0.25, 0.3) is 0 Å². The van der Waals surface area contributed by atoms with Crippen molar-refractivity contribution in [3.63, 3.8) is 0 Å². The SMILES string of the molecule is NCC1CCN(C(=O)c2ccccc2OCc2ccc(Br)cc2)C1. The number of benzene rings is 2. The first-order chi connectivity index (χ1) is 11.7. The molecule has 1 heterocycles. The Bertz CT molecular complexity index is 703. The summed E-state index contributed by atoms with van der Waals surface area (Å²) in [4.78, 5) is 14.7. The number of ether oxygens (including phenoxy) is 1. The number of hydrogen-bond acceptors (Lipinski definition) is 3. The summed E-state index contributed by atoms with van der Waals surface area (Å²) in [5, 5.41) is 0. The molecule has 1 fully saturated rings. The Balaban J connectivity index is 1.70. The average Bonchev–Trinajstić information content (AvgIpc) is 3.10. The highest BCUT2D eigenvalue weighted by Gasteiger charge is 2.27. The number of nitrogens with zero attached hydrogens (tertiary/aromatic N) is 1. The van der Waals surface area contributed by atoms with E-state index in [9.17, 15) is 4.79 Å². The van der Waals surface area contributed by atoms with Crippen LogP contribution in [-0.4, -0.2) is 30.4 Å². The highest BCUT2D eigenvalue weighted by molar-refractivity contribution is 9.10. The summed E-state index contributed by atoms with van der Waals surface area (Å²) < 4.78 is 6.94. The summed E-state index contributed by atoms with van der Waals surface area (Å²) in [6.45, 7) is 2.56. The fraction of sp³-hybridized carbons (Fsp3) is 0.316. The molecule has 1 atom stereocenters. The first-order valence-electron chi connectivity index (χ1n) is 8.13. The first-order valence-corrected chi connectivity index (χ1v) is 8.92. The van der Waals surface area contributed by atoms with Crippen molar-refractivity contribution in [2.45, 2.75) is 13.0 Å². The van der Waals surface area contributed by atoms with Crippen molar-refractivity contribution < 1.29 is 9.53 Å². The fourth-order valence-electron chi connectivity index (χ4n) is 2.89. The van der Waals surface area contributed by atoms with Gasteiger partial charge in [-0.2, -0.15) is 0 Å². The number of carbonyl (C=O) groups is 1.